The Hall–Kier alpha value is -2.60. The zero-order valence-corrected chi connectivity index (χ0v) is 20.9. The summed E-state index contributed by atoms with van der Waals surface area (Å²) < 4.78 is 76.4. The molecule has 0 radical (unpaired) electrons. The number of hydrogen-bond acceptors (Lipinski definition) is 6. The molecule has 0 atom stereocenters. The third kappa shape index (κ3) is 6.03. The van der Waals surface area contributed by atoms with E-state index < -0.39 is 21.8 Å². The second kappa shape index (κ2) is 10.4. The molecule has 36 heavy (non-hydrogen) atoms. The van der Waals surface area contributed by atoms with Crippen molar-refractivity contribution < 1.29 is 30.7 Å². The number of rotatable bonds is 7. The summed E-state index contributed by atoms with van der Waals surface area (Å²) in [6, 6.07) is 8.92. The van der Waals surface area contributed by atoms with Crippen LogP contribution in [0.1, 0.15) is 12.0 Å². The Morgan fingerprint density at radius 3 is 2.47 bits per heavy atom. The Balaban J connectivity index is 1.52. The van der Waals surface area contributed by atoms with E-state index in [1.54, 1.807) is 18.2 Å². The highest BCUT2D eigenvalue weighted by Gasteiger charge is 2.32. The molecule has 0 aliphatic carbocycles. The largest absolute Gasteiger partial charge is 0.493 e. The first-order valence-corrected chi connectivity index (χ1v) is 13.4. The van der Waals surface area contributed by atoms with E-state index >= 15 is 0 Å². The summed E-state index contributed by atoms with van der Waals surface area (Å²) in [5, 5.41) is 0.466. The maximum absolute atomic E-state index is 13.4. The van der Waals surface area contributed by atoms with Crippen molar-refractivity contribution >= 4 is 32.6 Å². The lowest BCUT2D eigenvalue weighted by molar-refractivity contribution is -0.137. The van der Waals surface area contributed by atoms with Gasteiger partial charge in [0.25, 0.3) is 0 Å². The highest BCUT2D eigenvalue weighted by atomic mass is 35.5. The van der Waals surface area contributed by atoms with Gasteiger partial charge in [-0.3, -0.25) is 4.79 Å². The fourth-order valence-electron chi connectivity index (χ4n) is 4.05. The molecule has 12 heteroatoms. The number of hydrogen-bond donors (Lipinski definition) is 0. The molecule has 2 aromatic carbocycles. The van der Waals surface area contributed by atoms with Crippen molar-refractivity contribution in [2.75, 3.05) is 45.6 Å². The van der Waals surface area contributed by atoms with Gasteiger partial charge in [0, 0.05) is 38.8 Å². The predicted octanol–water partition coefficient (Wildman–Crippen LogP) is 4.48. The molecule has 1 aromatic heterocycles. The van der Waals surface area contributed by atoms with E-state index in [2.05, 4.69) is 4.90 Å². The number of ether oxygens (including phenoxy) is 1. The zero-order valence-electron chi connectivity index (χ0n) is 19.3. The molecule has 0 saturated carbocycles. The van der Waals surface area contributed by atoms with Crippen molar-refractivity contribution in [2.24, 2.45) is 0 Å². The van der Waals surface area contributed by atoms with E-state index in [1.807, 2.05) is 0 Å². The maximum Gasteiger partial charge on any atom is 0.416 e. The van der Waals surface area contributed by atoms with E-state index in [4.69, 9.17) is 20.8 Å². The molecule has 1 fully saturated rings. The number of sulfonamides is 1. The number of nitrogens with zero attached hydrogens (tertiary/aromatic N) is 2. The van der Waals surface area contributed by atoms with Crippen LogP contribution < -0.4 is 10.2 Å². The highest BCUT2D eigenvalue weighted by molar-refractivity contribution is 7.88. The summed E-state index contributed by atoms with van der Waals surface area (Å²) in [5.41, 5.74) is -0.934. The molecule has 1 saturated heterocycles. The minimum Gasteiger partial charge on any atom is -0.493 e. The molecule has 0 N–H and O–H groups in total. The molecule has 0 unspecified atom stereocenters. The van der Waals surface area contributed by atoms with Crippen LogP contribution in [0, 0.1) is 0 Å². The van der Waals surface area contributed by atoms with E-state index in [1.165, 1.54) is 22.7 Å². The lowest BCUT2D eigenvalue weighted by Crippen LogP contribution is -2.48. The third-order valence-corrected chi connectivity index (χ3v) is 7.56. The Kier molecular flexibility index (Phi) is 7.65. The smallest absolute Gasteiger partial charge is 0.416 e. The van der Waals surface area contributed by atoms with Crippen molar-refractivity contribution in [1.29, 1.82) is 0 Å². The van der Waals surface area contributed by atoms with E-state index in [0.29, 0.717) is 39.1 Å². The normalized spacial score (nSPS) is 15.9. The van der Waals surface area contributed by atoms with Crippen LogP contribution in [-0.4, -0.2) is 63.2 Å². The number of para-hydroxylation sites is 1. The standard InChI is InChI=1S/C24H24ClF3N2O5S/c1-36(32,33)30-11-9-29(10-12-30)8-3-13-34-21-14-16(24(26,27)28)6-7-18(21)22-15-20(31)17-4-2-5-19(25)23(17)35-22/h2,4-7,14-15H,3,8-13H2,1H3. The minimum absolute atomic E-state index is 0.0428. The van der Waals surface area contributed by atoms with Crippen LogP contribution in [0.25, 0.3) is 22.3 Å². The van der Waals surface area contributed by atoms with Crippen molar-refractivity contribution in [3.05, 3.63) is 63.3 Å². The van der Waals surface area contributed by atoms with Crippen LogP contribution in [0.5, 0.6) is 5.75 Å². The minimum atomic E-state index is -4.58. The van der Waals surface area contributed by atoms with Crippen LogP contribution in [0.3, 0.4) is 0 Å². The predicted molar refractivity (Wildman–Crippen MR) is 131 cm³/mol. The summed E-state index contributed by atoms with van der Waals surface area (Å²) >= 11 is 6.17. The summed E-state index contributed by atoms with van der Waals surface area (Å²) in [6.45, 7) is 2.60. The number of halogens is 4. The van der Waals surface area contributed by atoms with Gasteiger partial charge in [-0.1, -0.05) is 17.7 Å². The SMILES string of the molecule is CS(=O)(=O)N1CCN(CCCOc2cc(C(F)(F)F)ccc2-c2cc(=O)c3cccc(Cl)c3o2)CC1. The van der Waals surface area contributed by atoms with Gasteiger partial charge in [0.1, 0.15) is 11.5 Å². The van der Waals surface area contributed by atoms with Gasteiger partial charge in [0.05, 0.1) is 34.4 Å². The fraction of sp³-hybridized carbons (Fsp3) is 0.375. The molecular weight excluding hydrogens is 521 g/mol. The first-order chi connectivity index (χ1) is 16.9. The fourth-order valence-corrected chi connectivity index (χ4v) is 5.09. The summed E-state index contributed by atoms with van der Waals surface area (Å²) in [4.78, 5) is 14.7. The quantitative estimate of drug-likeness (QED) is 0.408. The van der Waals surface area contributed by atoms with Gasteiger partial charge in [0.15, 0.2) is 11.0 Å². The van der Waals surface area contributed by atoms with Gasteiger partial charge < -0.3 is 14.1 Å². The van der Waals surface area contributed by atoms with Crippen LogP contribution in [0.15, 0.2) is 51.7 Å². The molecule has 1 aliphatic rings. The van der Waals surface area contributed by atoms with Crippen LogP contribution in [0.2, 0.25) is 5.02 Å². The van der Waals surface area contributed by atoms with E-state index in [-0.39, 0.29) is 45.1 Å². The van der Waals surface area contributed by atoms with Crippen LogP contribution >= 0.6 is 11.6 Å². The Bertz CT molecular complexity index is 1420. The lowest BCUT2D eigenvalue weighted by Gasteiger charge is -2.33. The maximum atomic E-state index is 13.4. The average molecular weight is 545 g/mol. The van der Waals surface area contributed by atoms with Gasteiger partial charge in [-0.05, 0) is 36.8 Å². The van der Waals surface area contributed by atoms with Crippen molar-refractivity contribution in [3.63, 3.8) is 0 Å². The average Bonchev–Trinajstić information content (AvgIpc) is 2.81. The second-order valence-electron chi connectivity index (χ2n) is 8.51. The first-order valence-electron chi connectivity index (χ1n) is 11.2. The van der Waals surface area contributed by atoms with Gasteiger partial charge in [0.2, 0.25) is 10.0 Å². The van der Waals surface area contributed by atoms with Gasteiger partial charge in [-0.15, -0.1) is 0 Å². The molecular formula is C24H24ClF3N2O5S. The van der Waals surface area contributed by atoms with Gasteiger partial charge in [-0.25, -0.2) is 8.42 Å². The van der Waals surface area contributed by atoms with Crippen LogP contribution in [-0.2, 0) is 16.2 Å². The first kappa shape index (κ1) is 26.5. The molecule has 2 heterocycles. The molecule has 194 valence electrons. The molecule has 4 rings (SSSR count). The second-order valence-corrected chi connectivity index (χ2v) is 10.9. The van der Waals surface area contributed by atoms with Crippen molar-refractivity contribution in [1.82, 2.24) is 9.21 Å². The number of benzene rings is 2. The van der Waals surface area contributed by atoms with Crippen molar-refractivity contribution in [3.8, 4) is 17.1 Å². The van der Waals surface area contributed by atoms with E-state index in [0.717, 1.165) is 12.1 Å². The molecule has 0 bridgehead atoms. The number of alkyl halides is 3. The van der Waals surface area contributed by atoms with Gasteiger partial charge in [-0.2, -0.15) is 17.5 Å². The highest BCUT2D eigenvalue weighted by Crippen LogP contribution is 2.38. The van der Waals surface area contributed by atoms with E-state index in [9.17, 15) is 26.4 Å². The molecule has 1 aliphatic heterocycles. The molecule has 0 spiro atoms. The zero-order chi connectivity index (χ0) is 26.1. The molecule has 7 nitrogen and oxygen atoms in total. The third-order valence-electron chi connectivity index (χ3n) is 5.96. The number of piperazine rings is 1. The Morgan fingerprint density at radius 1 is 1.08 bits per heavy atom. The van der Waals surface area contributed by atoms with Gasteiger partial charge >= 0.3 is 6.18 Å². The molecule has 3 aromatic rings. The summed E-state index contributed by atoms with van der Waals surface area (Å²) in [5.74, 6) is -0.0255. The lowest BCUT2D eigenvalue weighted by atomic mass is 10.1. The van der Waals surface area contributed by atoms with Crippen LogP contribution in [0.4, 0.5) is 13.2 Å². The molecule has 0 amide bonds. The summed E-state index contributed by atoms with van der Waals surface area (Å²) in [6.07, 6.45) is -2.90. The topological polar surface area (TPSA) is 80.1 Å². The Morgan fingerprint density at radius 2 is 1.81 bits per heavy atom. The monoisotopic (exact) mass is 544 g/mol. The Labute approximate surface area is 211 Å². The van der Waals surface area contributed by atoms with Crippen molar-refractivity contribution in [2.45, 2.75) is 12.6 Å². The summed E-state index contributed by atoms with van der Waals surface area (Å²) in [7, 11) is -3.23. The number of fused-ring (bicyclic) bond motifs is 1.